The van der Waals surface area contributed by atoms with E-state index in [0.29, 0.717) is 0 Å². The molecule has 0 spiro atoms. The molecule has 0 heterocycles. The van der Waals surface area contributed by atoms with Crippen molar-refractivity contribution < 1.29 is 18.6 Å². The molecule has 0 N–H and O–H groups in total. The molecule has 0 unspecified atom stereocenters. The van der Waals surface area contributed by atoms with Crippen LogP contribution < -0.4 is 7.91 Å². The molecule has 2 aromatic rings. The summed E-state index contributed by atoms with van der Waals surface area (Å²) in [6, 6.07) is 21.4. The number of hydrogen-bond acceptors (Lipinski definition) is 0. The first kappa shape index (κ1) is 18.9. The first-order valence-electron chi connectivity index (χ1n) is 8.78. The Kier molecular flexibility index (Phi) is 8.85. The van der Waals surface area contributed by atoms with Crippen molar-refractivity contribution in [3.05, 3.63) is 84.5 Å². The minimum atomic E-state index is 0.0186. The van der Waals surface area contributed by atoms with Crippen LogP contribution in [0.1, 0.15) is 39.5 Å². The van der Waals surface area contributed by atoms with E-state index in [-0.39, 0.29) is 18.6 Å². The summed E-state index contributed by atoms with van der Waals surface area (Å²) in [5, 5.41) is 0. The molecule has 1 aliphatic carbocycles. The normalized spacial score (nSPS) is 17.9. The third-order valence-electron chi connectivity index (χ3n) is 3.86. The number of rotatable bonds is 3. The van der Waals surface area contributed by atoms with E-state index in [0.717, 1.165) is 5.92 Å². The molecule has 130 valence electrons. The van der Waals surface area contributed by atoms with Gasteiger partial charge in [0.15, 0.2) is 0 Å². The maximum absolute atomic E-state index is 2.42. The SMILES string of the molecule is CC(C)/C1=C/CC/C=C\CC1.c1cc[c]([Pt][c]2ccccc2)cc1. The molecule has 0 saturated heterocycles. The summed E-state index contributed by atoms with van der Waals surface area (Å²) in [7, 11) is 0. The van der Waals surface area contributed by atoms with Crippen molar-refractivity contribution in [1.29, 1.82) is 0 Å². The van der Waals surface area contributed by atoms with Crippen molar-refractivity contribution in [1.82, 2.24) is 0 Å². The van der Waals surface area contributed by atoms with Crippen LogP contribution in [0.5, 0.6) is 0 Å². The van der Waals surface area contributed by atoms with E-state index in [2.05, 4.69) is 92.7 Å². The van der Waals surface area contributed by atoms with E-state index in [1.807, 2.05) is 0 Å². The Morgan fingerprint density at radius 2 is 1.25 bits per heavy atom. The predicted octanol–water partition coefficient (Wildman–Crippen LogP) is 5.42. The number of hydrogen-bond donors (Lipinski definition) is 0. The Morgan fingerprint density at radius 1 is 0.708 bits per heavy atom. The Morgan fingerprint density at radius 3 is 1.79 bits per heavy atom. The van der Waals surface area contributed by atoms with E-state index in [9.17, 15) is 0 Å². The van der Waals surface area contributed by atoms with Crippen LogP contribution in [0, 0.1) is 5.92 Å². The molecule has 0 bridgehead atoms. The van der Waals surface area contributed by atoms with Gasteiger partial charge in [0.1, 0.15) is 0 Å². The van der Waals surface area contributed by atoms with Crippen LogP contribution in [-0.2, 0) is 18.6 Å². The molecule has 0 saturated carbocycles. The van der Waals surface area contributed by atoms with Crippen molar-refractivity contribution in [3.63, 3.8) is 0 Å². The molecule has 1 heteroatoms. The van der Waals surface area contributed by atoms with Gasteiger partial charge in [0, 0.05) is 0 Å². The van der Waals surface area contributed by atoms with Crippen LogP contribution in [0.4, 0.5) is 0 Å². The number of allylic oxidation sites excluding steroid dienone is 4. The van der Waals surface area contributed by atoms with Gasteiger partial charge in [-0.05, 0) is 31.6 Å². The maximum atomic E-state index is 2.42. The van der Waals surface area contributed by atoms with Gasteiger partial charge >= 0.3 is 87.1 Å². The molecule has 0 fully saturated rings. The zero-order valence-corrected chi connectivity index (χ0v) is 17.0. The van der Waals surface area contributed by atoms with E-state index in [1.54, 1.807) is 5.57 Å². The van der Waals surface area contributed by atoms with Gasteiger partial charge in [-0.15, -0.1) is 0 Å². The fourth-order valence-electron chi connectivity index (χ4n) is 2.49. The predicted molar refractivity (Wildman–Crippen MR) is 103 cm³/mol. The molecule has 1 aliphatic rings. The van der Waals surface area contributed by atoms with Gasteiger partial charge in [0.05, 0.1) is 0 Å². The fraction of sp³-hybridized carbons (Fsp3) is 0.304. The molecule has 2 aromatic carbocycles. The third-order valence-corrected chi connectivity index (χ3v) is 6.68. The monoisotopic (exact) mass is 499 g/mol. The van der Waals surface area contributed by atoms with Crippen molar-refractivity contribution in [2.24, 2.45) is 5.92 Å². The summed E-state index contributed by atoms with van der Waals surface area (Å²) in [6.07, 6.45) is 12.0. The Labute approximate surface area is 156 Å². The van der Waals surface area contributed by atoms with Crippen LogP contribution in [0.25, 0.3) is 0 Å². The Bertz CT molecular complexity index is 586. The zero-order valence-electron chi connectivity index (χ0n) is 14.7. The van der Waals surface area contributed by atoms with Crippen LogP contribution in [0.15, 0.2) is 84.5 Å². The Hall–Kier alpha value is -1.39. The quantitative estimate of drug-likeness (QED) is 0.495. The molecule has 0 atom stereocenters. The van der Waals surface area contributed by atoms with E-state index >= 15 is 0 Å². The standard InChI is InChI=1S/C11H18.2C6H5.Pt/c1-10(2)11-8-6-4-3-5-7-9-11;2*1-2-4-6-5-3-1;/h3-4,9-10H,5-8H2,1-2H3;2*1-5H;/b4-3-,11-9+;;;. The summed E-state index contributed by atoms with van der Waals surface area (Å²) in [6.45, 7) is 4.58. The van der Waals surface area contributed by atoms with Crippen LogP contribution in [-0.4, -0.2) is 0 Å². The average molecular weight is 500 g/mol. The molecule has 0 aromatic heterocycles. The molecule has 0 amide bonds. The number of benzene rings is 2. The van der Waals surface area contributed by atoms with Gasteiger partial charge in [0.2, 0.25) is 0 Å². The van der Waals surface area contributed by atoms with Crippen molar-refractivity contribution in [2.75, 3.05) is 0 Å². The van der Waals surface area contributed by atoms with Gasteiger partial charge in [-0.2, -0.15) is 0 Å². The van der Waals surface area contributed by atoms with Gasteiger partial charge in [0.25, 0.3) is 0 Å². The zero-order chi connectivity index (χ0) is 17.0. The average Bonchev–Trinajstić information content (AvgIpc) is 2.57. The van der Waals surface area contributed by atoms with Gasteiger partial charge in [-0.25, -0.2) is 0 Å². The summed E-state index contributed by atoms with van der Waals surface area (Å²) in [4.78, 5) is 0. The molecular weight excluding hydrogens is 471 g/mol. The second kappa shape index (κ2) is 11.2. The summed E-state index contributed by atoms with van der Waals surface area (Å²) < 4.78 is 2.96. The van der Waals surface area contributed by atoms with Crippen LogP contribution >= 0.6 is 0 Å². The van der Waals surface area contributed by atoms with Crippen molar-refractivity contribution >= 4 is 7.91 Å². The van der Waals surface area contributed by atoms with Gasteiger partial charge < -0.3 is 0 Å². The van der Waals surface area contributed by atoms with E-state index in [1.165, 1.54) is 33.6 Å². The second-order valence-electron chi connectivity index (χ2n) is 6.12. The van der Waals surface area contributed by atoms with E-state index in [4.69, 9.17) is 0 Å². The fourth-order valence-corrected chi connectivity index (χ4v) is 4.88. The van der Waals surface area contributed by atoms with E-state index < -0.39 is 0 Å². The van der Waals surface area contributed by atoms with Crippen LogP contribution in [0.2, 0.25) is 0 Å². The van der Waals surface area contributed by atoms with Gasteiger partial charge in [-0.1, -0.05) is 37.6 Å². The van der Waals surface area contributed by atoms with Crippen molar-refractivity contribution in [3.8, 4) is 0 Å². The molecule has 24 heavy (non-hydrogen) atoms. The first-order valence-corrected chi connectivity index (χ1v) is 11.1. The first-order chi connectivity index (χ1) is 11.8. The van der Waals surface area contributed by atoms with Crippen LogP contribution in [0.3, 0.4) is 0 Å². The van der Waals surface area contributed by atoms with Crippen molar-refractivity contribution in [2.45, 2.75) is 39.5 Å². The molecule has 0 nitrogen and oxygen atoms in total. The Balaban J connectivity index is 0.000000177. The second-order valence-corrected chi connectivity index (χ2v) is 9.31. The molecular formula is C23H28Pt. The minimum absolute atomic E-state index is 0.0186. The third kappa shape index (κ3) is 7.45. The summed E-state index contributed by atoms with van der Waals surface area (Å²) in [5.74, 6) is 0.751. The summed E-state index contributed by atoms with van der Waals surface area (Å²) in [5.41, 5.74) is 1.65. The molecule has 3 rings (SSSR count). The molecule has 0 aliphatic heterocycles. The van der Waals surface area contributed by atoms with Gasteiger partial charge in [-0.3, -0.25) is 0 Å². The molecule has 0 radical (unpaired) electrons. The topological polar surface area (TPSA) is 0 Å². The summed E-state index contributed by atoms with van der Waals surface area (Å²) >= 11 is 0.0186.